The predicted octanol–water partition coefficient (Wildman–Crippen LogP) is 2.57. The molecule has 0 spiro atoms. The van der Waals surface area contributed by atoms with E-state index in [4.69, 9.17) is 14.6 Å². The molecule has 0 aliphatic carbocycles. The van der Waals surface area contributed by atoms with Gasteiger partial charge in [-0.3, -0.25) is 0 Å². The van der Waals surface area contributed by atoms with E-state index in [0.29, 0.717) is 6.61 Å². The number of aliphatic carboxylic acids is 1. The van der Waals surface area contributed by atoms with E-state index in [0.717, 1.165) is 29.4 Å². The Kier molecular flexibility index (Phi) is 4.35. The summed E-state index contributed by atoms with van der Waals surface area (Å²) in [6.45, 7) is 5.28. The largest absolute Gasteiger partial charge is 0.478 e. The zero-order valence-electron chi connectivity index (χ0n) is 11.1. The lowest BCUT2D eigenvalue weighted by Gasteiger charge is -2.17. The highest BCUT2D eigenvalue weighted by Gasteiger charge is 2.24. The predicted molar refractivity (Wildman–Crippen MR) is 72.0 cm³/mol. The number of carboxylic acid groups (broad SMARTS) is 1. The summed E-state index contributed by atoms with van der Waals surface area (Å²) >= 11 is 0. The minimum absolute atomic E-state index is 0.0856. The molecule has 1 aromatic carbocycles. The molecule has 102 valence electrons. The lowest BCUT2D eigenvalue weighted by Crippen LogP contribution is -2.08. The molecule has 0 saturated carbocycles. The van der Waals surface area contributed by atoms with Gasteiger partial charge >= 0.3 is 5.97 Å². The summed E-state index contributed by atoms with van der Waals surface area (Å²) in [4.78, 5) is 10.7. The molecule has 1 aliphatic heterocycles. The van der Waals surface area contributed by atoms with Crippen LogP contribution < -0.4 is 0 Å². The quantitative estimate of drug-likeness (QED) is 0.632. The summed E-state index contributed by atoms with van der Waals surface area (Å²) in [5.41, 5.74) is 2.94. The Bertz CT molecular complexity index is 489. The van der Waals surface area contributed by atoms with Gasteiger partial charge in [0, 0.05) is 6.08 Å². The van der Waals surface area contributed by atoms with Gasteiger partial charge in [0.05, 0.1) is 19.3 Å². The van der Waals surface area contributed by atoms with E-state index in [2.05, 4.69) is 0 Å². The molecule has 0 amide bonds. The van der Waals surface area contributed by atoms with Gasteiger partial charge in [-0.15, -0.1) is 0 Å². The first-order chi connectivity index (χ1) is 9.08. The van der Waals surface area contributed by atoms with Crippen LogP contribution in [-0.4, -0.2) is 30.4 Å². The monoisotopic (exact) mass is 262 g/mol. The maximum absolute atomic E-state index is 10.7. The Morgan fingerprint density at radius 1 is 1.63 bits per heavy atom. The number of rotatable bonds is 6. The van der Waals surface area contributed by atoms with Crippen molar-refractivity contribution < 1.29 is 19.4 Å². The van der Waals surface area contributed by atoms with Crippen molar-refractivity contribution >= 4 is 12.0 Å². The molecule has 1 aromatic rings. The summed E-state index contributed by atoms with van der Waals surface area (Å²) in [6.07, 6.45) is 2.92. The van der Waals surface area contributed by atoms with Gasteiger partial charge in [0.15, 0.2) is 0 Å². The molecule has 2 rings (SSSR count). The van der Waals surface area contributed by atoms with Crippen LogP contribution in [0.3, 0.4) is 0 Å². The third kappa shape index (κ3) is 3.91. The number of epoxide rings is 1. The van der Waals surface area contributed by atoms with Crippen LogP contribution in [0, 0.1) is 6.92 Å². The van der Waals surface area contributed by atoms with Crippen LogP contribution in [0.1, 0.15) is 29.7 Å². The van der Waals surface area contributed by atoms with Crippen molar-refractivity contribution in [3.8, 4) is 0 Å². The highest BCUT2D eigenvalue weighted by molar-refractivity contribution is 5.86. The average Bonchev–Trinajstić information content (AvgIpc) is 3.18. The van der Waals surface area contributed by atoms with Gasteiger partial charge in [-0.2, -0.15) is 0 Å². The number of carboxylic acids is 1. The molecular weight excluding hydrogens is 244 g/mol. The molecule has 1 heterocycles. The zero-order chi connectivity index (χ0) is 13.8. The standard InChI is InChI=1S/C15H18O4/c1-10-4-3-5-14(13(10)6-7-15(16)17)11(2)18-8-12-9-19-12/h3-7,11-12H,8-9H2,1-2H3,(H,16,17)/b7-6+/t11-,12+/m1/s1. The average molecular weight is 262 g/mol. The molecule has 1 fully saturated rings. The molecule has 0 aromatic heterocycles. The number of hydrogen-bond acceptors (Lipinski definition) is 3. The van der Waals surface area contributed by atoms with Gasteiger partial charge in [-0.1, -0.05) is 18.2 Å². The molecule has 2 atom stereocenters. The lowest BCUT2D eigenvalue weighted by atomic mass is 9.98. The Balaban J connectivity index is 2.17. The fourth-order valence-electron chi connectivity index (χ4n) is 1.95. The van der Waals surface area contributed by atoms with Gasteiger partial charge in [-0.25, -0.2) is 4.79 Å². The van der Waals surface area contributed by atoms with Gasteiger partial charge in [0.25, 0.3) is 0 Å². The Morgan fingerprint density at radius 3 is 3.00 bits per heavy atom. The van der Waals surface area contributed by atoms with Crippen molar-refractivity contribution in [3.05, 3.63) is 41.0 Å². The molecule has 0 bridgehead atoms. The van der Waals surface area contributed by atoms with E-state index >= 15 is 0 Å². The van der Waals surface area contributed by atoms with Gasteiger partial charge < -0.3 is 14.6 Å². The first-order valence-electron chi connectivity index (χ1n) is 6.31. The normalized spacial score (nSPS) is 19.6. The molecular formula is C15H18O4. The summed E-state index contributed by atoms with van der Waals surface area (Å²) in [7, 11) is 0. The van der Waals surface area contributed by atoms with E-state index in [9.17, 15) is 4.79 Å². The molecule has 1 saturated heterocycles. The Labute approximate surface area is 112 Å². The highest BCUT2D eigenvalue weighted by atomic mass is 16.6. The van der Waals surface area contributed by atoms with Crippen LogP contribution in [0.5, 0.6) is 0 Å². The minimum Gasteiger partial charge on any atom is -0.478 e. The number of benzene rings is 1. The fourth-order valence-corrected chi connectivity index (χ4v) is 1.95. The maximum Gasteiger partial charge on any atom is 0.328 e. The summed E-state index contributed by atoms with van der Waals surface area (Å²) < 4.78 is 10.9. The molecule has 1 N–H and O–H groups in total. The van der Waals surface area contributed by atoms with E-state index in [1.54, 1.807) is 6.08 Å². The number of carbonyl (C=O) groups is 1. The van der Waals surface area contributed by atoms with Crippen LogP contribution in [-0.2, 0) is 14.3 Å². The van der Waals surface area contributed by atoms with E-state index in [1.807, 2.05) is 32.0 Å². The summed E-state index contributed by atoms with van der Waals surface area (Å²) in [6, 6.07) is 5.88. The van der Waals surface area contributed by atoms with Crippen molar-refractivity contribution in [2.45, 2.75) is 26.1 Å². The van der Waals surface area contributed by atoms with E-state index in [-0.39, 0.29) is 12.2 Å². The molecule has 0 radical (unpaired) electrons. The molecule has 4 heteroatoms. The topological polar surface area (TPSA) is 59.1 Å². The molecule has 4 nitrogen and oxygen atoms in total. The second-order valence-electron chi connectivity index (χ2n) is 4.68. The van der Waals surface area contributed by atoms with Crippen LogP contribution in [0.25, 0.3) is 6.08 Å². The summed E-state index contributed by atoms with van der Waals surface area (Å²) in [5, 5.41) is 8.75. The van der Waals surface area contributed by atoms with Gasteiger partial charge in [0.1, 0.15) is 6.10 Å². The van der Waals surface area contributed by atoms with E-state index in [1.165, 1.54) is 0 Å². The first-order valence-corrected chi connectivity index (χ1v) is 6.31. The van der Waals surface area contributed by atoms with Crippen LogP contribution in [0.15, 0.2) is 24.3 Å². The smallest absolute Gasteiger partial charge is 0.328 e. The molecule has 19 heavy (non-hydrogen) atoms. The second kappa shape index (κ2) is 5.99. The van der Waals surface area contributed by atoms with Crippen molar-refractivity contribution in [1.29, 1.82) is 0 Å². The highest BCUT2D eigenvalue weighted by Crippen LogP contribution is 2.26. The SMILES string of the molecule is Cc1cccc([C@@H](C)OC[C@H]2CO2)c1/C=C/C(=O)O. The minimum atomic E-state index is -0.950. The van der Waals surface area contributed by atoms with Gasteiger partial charge in [0.2, 0.25) is 0 Å². The zero-order valence-corrected chi connectivity index (χ0v) is 11.1. The van der Waals surface area contributed by atoms with E-state index < -0.39 is 5.97 Å². The number of hydrogen-bond donors (Lipinski definition) is 1. The van der Waals surface area contributed by atoms with Crippen LogP contribution in [0.2, 0.25) is 0 Å². The van der Waals surface area contributed by atoms with Gasteiger partial charge in [-0.05, 0) is 36.6 Å². The van der Waals surface area contributed by atoms with Crippen LogP contribution in [0.4, 0.5) is 0 Å². The lowest BCUT2D eigenvalue weighted by molar-refractivity contribution is -0.131. The molecule has 0 unspecified atom stereocenters. The summed E-state index contributed by atoms with van der Waals surface area (Å²) in [5.74, 6) is -0.950. The number of aryl methyl sites for hydroxylation is 1. The van der Waals surface area contributed by atoms with Crippen molar-refractivity contribution in [1.82, 2.24) is 0 Å². The third-order valence-electron chi connectivity index (χ3n) is 3.12. The van der Waals surface area contributed by atoms with Crippen LogP contribution >= 0.6 is 0 Å². The van der Waals surface area contributed by atoms with Crippen molar-refractivity contribution in [2.75, 3.05) is 13.2 Å². The Hall–Kier alpha value is -1.65. The maximum atomic E-state index is 10.7. The number of ether oxygens (including phenoxy) is 2. The fraction of sp³-hybridized carbons (Fsp3) is 0.400. The van der Waals surface area contributed by atoms with Crippen molar-refractivity contribution in [2.24, 2.45) is 0 Å². The first kappa shape index (κ1) is 13.8. The third-order valence-corrected chi connectivity index (χ3v) is 3.12. The second-order valence-corrected chi connectivity index (χ2v) is 4.68. The molecule has 1 aliphatic rings. The van der Waals surface area contributed by atoms with Crippen molar-refractivity contribution in [3.63, 3.8) is 0 Å². The Morgan fingerprint density at radius 2 is 2.37 bits per heavy atom.